The average molecular weight is 236 g/mol. The van der Waals surface area contributed by atoms with Crippen molar-refractivity contribution in [1.29, 1.82) is 0 Å². The third-order valence-corrected chi connectivity index (χ3v) is 5.16. The van der Waals surface area contributed by atoms with Crippen LogP contribution in [0, 0.1) is 13.8 Å². The first-order valence-electron chi connectivity index (χ1n) is 5.96. The predicted molar refractivity (Wildman–Crippen MR) is 71.0 cm³/mol. The van der Waals surface area contributed by atoms with Crippen molar-refractivity contribution in [1.82, 2.24) is 0 Å². The van der Waals surface area contributed by atoms with Crippen LogP contribution in [0.5, 0.6) is 0 Å². The molecule has 1 aromatic carbocycles. The highest BCUT2D eigenvalue weighted by Crippen LogP contribution is 2.41. The van der Waals surface area contributed by atoms with E-state index in [1.165, 1.54) is 16.9 Å². The van der Waals surface area contributed by atoms with Gasteiger partial charge >= 0.3 is 0 Å². The molecule has 0 radical (unpaired) electrons. The largest absolute Gasteiger partial charge is 0.384 e. The van der Waals surface area contributed by atoms with Gasteiger partial charge in [0.25, 0.3) is 0 Å². The first-order valence-corrected chi connectivity index (χ1v) is 7.00. The average Bonchev–Trinajstić information content (AvgIpc) is 2.26. The molecule has 1 heterocycles. The molecular formula is C14H20OS. The SMILES string of the molecule is Cc1ccc(C2(O)CCCSC2C)cc1C. The molecule has 1 aliphatic heterocycles. The molecule has 1 N–H and O–H groups in total. The zero-order valence-corrected chi connectivity index (χ0v) is 11.1. The van der Waals surface area contributed by atoms with Gasteiger partial charge in [0.2, 0.25) is 0 Å². The summed E-state index contributed by atoms with van der Waals surface area (Å²) in [4.78, 5) is 0. The second-order valence-corrected chi connectivity index (χ2v) is 6.29. The van der Waals surface area contributed by atoms with E-state index >= 15 is 0 Å². The van der Waals surface area contributed by atoms with Crippen LogP contribution in [0.25, 0.3) is 0 Å². The number of hydrogen-bond acceptors (Lipinski definition) is 2. The van der Waals surface area contributed by atoms with E-state index in [1.807, 2.05) is 11.8 Å². The second-order valence-electron chi connectivity index (χ2n) is 4.84. The van der Waals surface area contributed by atoms with Gasteiger partial charge in [-0.15, -0.1) is 0 Å². The van der Waals surface area contributed by atoms with Crippen molar-refractivity contribution in [2.45, 2.75) is 44.5 Å². The van der Waals surface area contributed by atoms with Crippen molar-refractivity contribution in [3.8, 4) is 0 Å². The van der Waals surface area contributed by atoms with E-state index in [4.69, 9.17) is 0 Å². The Morgan fingerprint density at radius 2 is 2.06 bits per heavy atom. The van der Waals surface area contributed by atoms with E-state index in [2.05, 4.69) is 39.0 Å². The lowest BCUT2D eigenvalue weighted by Gasteiger charge is -2.38. The van der Waals surface area contributed by atoms with Crippen molar-refractivity contribution in [2.75, 3.05) is 5.75 Å². The van der Waals surface area contributed by atoms with Crippen LogP contribution in [0.1, 0.15) is 36.5 Å². The highest BCUT2D eigenvalue weighted by atomic mass is 32.2. The molecule has 16 heavy (non-hydrogen) atoms. The molecule has 1 fully saturated rings. The van der Waals surface area contributed by atoms with Gasteiger partial charge in [-0.3, -0.25) is 0 Å². The van der Waals surface area contributed by atoms with Crippen LogP contribution >= 0.6 is 11.8 Å². The molecule has 1 aromatic rings. The normalized spacial score (nSPS) is 30.4. The summed E-state index contributed by atoms with van der Waals surface area (Å²) >= 11 is 1.88. The zero-order valence-electron chi connectivity index (χ0n) is 10.3. The number of benzene rings is 1. The Balaban J connectivity index is 2.37. The Kier molecular flexibility index (Phi) is 3.32. The standard InChI is InChI=1S/C14H20OS/c1-10-5-6-13(9-11(10)2)14(15)7-4-8-16-12(14)3/h5-6,9,12,15H,4,7-8H2,1-3H3. The van der Waals surface area contributed by atoms with Gasteiger partial charge in [-0.1, -0.05) is 25.1 Å². The van der Waals surface area contributed by atoms with Gasteiger partial charge in [0.15, 0.2) is 0 Å². The van der Waals surface area contributed by atoms with Gasteiger partial charge in [0, 0.05) is 5.25 Å². The lowest BCUT2D eigenvalue weighted by molar-refractivity contribution is 0.0254. The molecule has 1 saturated heterocycles. The smallest absolute Gasteiger partial charge is 0.101 e. The molecule has 0 aromatic heterocycles. The van der Waals surface area contributed by atoms with E-state index in [1.54, 1.807) is 0 Å². The van der Waals surface area contributed by atoms with E-state index in [-0.39, 0.29) is 0 Å². The molecule has 0 bridgehead atoms. The van der Waals surface area contributed by atoms with Crippen molar-refractivity contribution in [3.63, 3.8) is 0 Å². The first-order chi connectivity index (χ1) is 7.54. The van der Waals surface area contributed by atoms with Crippen LogP contribution in [0.15, 0.2) is 18.2 Å². The topological polar surface area (TPSA) is 20.2 Å². The Bertz CT molecular complexity index is 388. The summed E-state index contributed by atoms with van der Waals surface area (Å²) in [5.74, 6) is 1.17. The van der Waals surface area contributed by atoms with Crippen molar-refractivity contribution in [2.24, 2.45) is 0 Å². The molecule has 0 saturated carbocycles. The molecule has 1 aliphatic rings. The molecule has 0 spiro atoms. The monoisotopic (exact) mass is 236 g/mol. The number of rotatable bonds is 1. The summed E-state index contributed by atoms with van der Waals surface area (Å²) in [6, 6.07) is 6.36. The Hall–Kier alpha value is -0.470. The summed E-state index contributed by atoms with van der Waals surface area (Å²) in [5, 5.41) is 11.1. The quantitative estimate of drug-likeness (QED) is 0.806. The number of hydrogen-bond donors (Lipinski definition) is 1. The van der Waals surface area contributed by atoms with Crippen LogP contribution in [-0.4, -0.2) is 16.1 Å². The fraction of sp³-hybridized carbons (Fsp3) is 0.571. The van der Waals surface area contributed by atoms with Crippen LogP contribution in [0.2, 0.25) is 0 Å². The Morgan fingerprint density at radius 1 is 1.31 bits per heavy atom. The van der Waals surface area contributed by atoms with Gasteiger partial charge in [-0.25, -0.2) is 0 Å². The van der Waals surface area contributed by atoms with E-state index < -0.39 is 5.60 Å². The highest BCUT2D eigenvalue weighted by molar-refractivity contribution is 8.00. The fourth-order valence-corrected chi connectivity index (χ4v) is 3.53. The molecule has 2 heteroatoms. The van der Waals surface area contributed by atoms with E-state index in [0.29, 0.717) is 5.25 Å². The lowest BCUT2D eigenvalue weighted by atomic mass is 9.85. The molecule has 2 unspecified atom stereocenters. The van der Waals surface area contributed by atoms with Crippen molar-refractivity contribution >= 4 is 11.8 Å². The number of aryl methyl sites for hydroxylation is 2. The maximum atomic E-state index is 10.8. The van der Waals surface area contributed by atoms with Gasteiger partial charge in [0.05, 0.1) is 0 Å². The summed E-state index contributed by atoms with van der Waals surface area (Å²) in [5.41, 5.74) is 3.04. The number of aliphatic hydroxyl groups is 1. The highest BCUT2D eigenvalue weighted by Gasteiger charge is 2.38. The van der Waals surface area contributed by atoms with Gasteiger partial charge in [0.1, 0.15) is 5.60 Å². The molecule has 2 atom stereocenters. The first kappa shape index (κ1) is 12.0. The number of thioether (sulfide) groups is 1. The minimum absolute atomic E-state index is 0.295. The molecule has 1 nitrogen and oxygen atoms in total. The lowest BCUT2D eigenvalue weighted by Crippen LogP contribution is -2.38. The predicted octanol–water partition coefficient (Wildman–Crippen LogP) is 3.41. The molecule has 0 amide bonds. The van der Waals surface area contributed by atoms with Crippen molar-refractivity contribution < 1.29 is 5.11 Å². The third-order valence-electron chi connectivity index (χ3n) is 3.75. The summed E-state index contributed by atoms with van der Waals surface area (Å²) in [6.45, 7) is 6.37. The Morgan fingerprint density at radius 3 is 2.69 bits per heavy atom. The minimum atomic E-state index is -0.624. The maximum Gasteiger partial charge on any atom is 0.101 e. The Labute approximate surface area is 102 Å². The van der Waals surface area contributed by atoms with Crippen LogP contribution in [0.4, 0.5) is 0 Å². The maximum absolute atomic E-state index is 10.8. The van der Waals surface area contributed by atoms with Gasteiger partial charge in [-0.05, 0) is 49.1 Å². The van der Waals surface area contributed by atoms with E-state index in [0.717, 1.165) is 18.4 Å². The molecule has 88 valence electrons. The molecule has 0 aliphatic carbocycles. The van der Waals surface area contributed by atoms with Gasteiger partial charge in [-0.2, -0.15) is 11.8 Å². The zero-order chi connectivity index (χ0) is 11.8. The summed E-state index contributed by atoms with van der Waals surface area (Å²) < 4.78 is 0. The third kappa shape index (κ3) is 2.01. The fourth-order valence-electron chi connectivity index (χ4n) is 2.33. The van der Waals surface area contributed by atoms with E-state index in [9.17, 15) is 5.11 Å². The van der Waals surface area contributed by atoms with Gasteiger partial charge < -0.3 is 5.11 Å². The van der Waals surface area contributed by atoms with Crippen LogP contribution in [-0.2, 0) is 5.60 Å². The second kappa shape index (κ2) is 4.42. The molecular weight excluding hydrogens is 216 g/mol. The minimum Gasteiger partial charge on any atom is -0.384 e. The summed E-state index contributed by atoms with van der Waals surface area (Å²) in [7, 11) is 0. The molecule has 2 rings (SSSR count). The van der Waals surface area contributed by atoms with Crippen LogP contribution in [0.3, 0.4) is 0 Å². The summed E-state index contributed by atoms with van der Waals surface area (Å²) in [6.07, 6.45) is 2.00. The van der Waals surface area contributed by atoms with Crippen molar-refractivity contribution in [3.05, 3.63) is 34.9 Å². The van der Waals surface area contributed by atoms with Crippen LogP contribution < -0.4 is 0 Å².